The van der Waals surface area contributed by atoms with E-state index in [0.717, 1.165) is 16.9 Å². The Bertz CT molecular complexity index is 1490. The lowest BCUT2D eigenvalue weighted by Gasteiger charge is -2.28. The molecule has 5 rings (SSSR count). The number of aromatic nitrogens is 4. The molecular weight excluding hydrogens is 460 g/mol. The van der Waals surface area contributed by atoms with E-state index < -0.39 is 5.92 Å². The highest BCUT2D eigenvalue weighted by Gasteiger charge is 2.36. The number of hydrogen-bond acceptors (Lipinski definition) is 8. The van der Waals surface area contributed by atoms with E-state index in [4.69, 9.17) is 23.9 Å². The Morgan fingerprint density at radius 2 is 1.78 bits per heavy atom. The first-order valence-electron chi connectivity index (χ1n) is 11.4. The van der Waals surface area contributed by atoms with Gasteiger partial charge in [0.1, 0.15) is 17.8 Å². The molecular formula is C27H26N4O5. The third-order valence-corrected chi connectivity index (χ3v) is 6.28. The summed E-state index contributed by atoms with van der Waals surface area (Å²) in [6.45, 7) is 3.33. The Morgan fingerprint density at radius 1 is 1.03 bits per heavy atom. The molecule has 0 unspecified atom stereocenters. The van der Waals surface area contributed by atoms with Crippen LogP contribution in [0, 0.1) is 0 Å². The highest BCUT2D eigenvalue weighted by atomic mass is 16.5. The fourth-order valence-electron chi connectivity index (χ4n) is 4.61. The molecule has 9 nitrogen and oxygen atoms in total. The molecule has 9 heteroatoms. The topological polar surface area (TPSA) is 97.1 Å². The van der Waals surface area contributed by atoms with Crippen molar-refractivity contribution in [2.45, 2.75) is 26.2 Å². The van der Waals surface area contributed by atoms with Crippen molar-refractivity contribution in [1.29, 1.82) is 0 Å². The van der Waals surface area contributed by atoms with E-state index in [2.05, 4.69) is 10.1 Å². The molecule has 0 aliphatic carbocycles. The minimum Gasteiger partial charge on any atom is -0.497 e. The van der Waals surface area contributed by atoms with Crippen molar-refractivity contribution in [2.24, 2.45) is 0 Å². The Kier molecular flexibility index (Phi) is 6.05. The maximum Gasteiger partial charge on any atom is 0.228 e. The fourth-order valence-corrected chi connectivity index (χ4v) is 4.61. The molecule has 2 aromatic heterocycles. The average molecular weight is 487 g/mol. The van der Waals surface area contributed by atoms with Gasteiger partial charge in [0.2, 0.25) is 5.88 Å². The molecule has 0 bridgehead atoms. The summed E-state index contributed by atoms with van der Waals surface area (Å²) in [6, 6.07) is 13.3. The van der Waals surface area contributed by atoms with Gasteiger partial charge in [-0.05, 0) is 49.2 Å². The smallest absolute Gasteiger partial charge is 0.228 e. The van der Waals surface area contributed by atoms with Gasteiger partial charge in [0.05, 0.1) is 26.9 Å². The van der Waals surface area contributed by atoms with Crippen molar-refractivity contribution in [3.8, 4) is 23.1 Å². The first-order valence-corrected chi connectivity index (χ1v) is 11.4. The number of rotatable bonds is 7. The van der Waals surface area contributed by atoms with Gasteiger partial charge in [-0.25, -0.2) is 14.5 Å². The summed E-state index contributed by atoms with van der Waals surface area (Å²) >= 11 is 0. The number of methoxy groups -OCH3 is 3. The lowest BCUT2D eigenvalue weighted by molar-refractivity contribution is -0.114. The number of ether oxygens (including phenoxy) is 4. The van der Waals surface area contributed by atoms with Crippen LogP contribution in [-0.4, -0.2) is 46.7 Å². The summed E-state index contributed by atoms with van der Waals surface area (Å²) in [6.07, 6.45) is 2.05. The van der Waals surface area contributed by atoms with Gasteiger partial charge in [0.25, 0.3) is 0 Å². The lowest BCUT2D eigenvalue weighted by atomic mass is 9.82. The molecule has 2 aromatic carbocycles. The highest BCUT2D eigenvalue weighted by molar-refractivity contribution is 5.97. The summed E-state index contributed by atoms with van der Waals surface area (Å²) in [5.41, 5.74) is 3.72. The maximum atomic E-state index is 12.8. The van der Waals surface area contributed by atoms with Gasteiger partial charge >= 0.3 is 0 Å². The number of ketones is 1. The predicted molar refractivity (Wildman–Crippen MR) is 132 cm³/mol. The molecule has 1 atom stereocenters. The van der Waals surface area contributed by atoms with Gasteiger partial charge in [0, 0.05) is 17.9 Å². The van der Waals surface area contributed by atoms with Crippen LogP contribution >= 0.6 is 0 Å². The molecule has 0 fully saturated rings. The fraction of sp³-hybridized carbons (Fsp3) is 0.259. The monoisotopic (exact) mass is 486 g/mol. The van der Waals surface area contributed by atoms with E-state index >= 15 is 0 Å². The molecule has 3 heterocycles. The number of carbonyl (C=O) groups is 1. The third-order valence-electron chi connectivity index (χ3n) is 6.28. The Balaban J connectivity index is 1.62. The molecule has 1 aliphatic rings. The molecule has 0 saturated heterocycles. The van der Waals surface area contributed by atoms with Crippen LogP contribution in [0.5, 0.6) is 23.1 Å². The van der Waals surface area contributed by atoms with E-state index in [0.29, 0.717) is 52.2 Å². The standard InChI is InChI=1S/C27H26N4O5/c1-15(32)23-16(2)36-27-25(24(23)18-7-9-19(33-3)10-8-18)26-29-22(30-31(26)14-28-27)13-17-6-11-20(34-4)21(12-17)35-5/h6-12,14,24H,13H2,1-5H3/t24-/m0/s1. The van der Waals surface area contributed by atoms with Crippen LogP contribution in [0.15, 0.2) is 60.1 Å². The van der Waals surface area contributed by atoms with E-state index in [1.54, 1.807) is 46.0 Å². The second kappa shape index (κ2) is 9.33. The first-order chi connectivity index (χ1) is 17.4. The number of nitrogens with zero attached hydrogens (tertiary/aromatic N) is 4. The van der Waals surface area contributed by atoms with Gasteiger partial charge in [-0.3, -0.25) is 4.79 Å². The zero-order valence-corrected chi connectivity index (χ0v) is 20.7. The number of allylic oxidation sites excluding steroid dienone is 2. The molecule has 0 radical (unpaired) electrons. The van der Waals surface area contributed by atoms with Gasteiger partial charge in [-0.1, -0.05) is 18.2 Å². The van der Waals surface area contributed by atoms with Crippen LogP contribution in [0.1, 0.15) is 42.3 Å². The first kappa shape index (κ1) is 23.3. The van der Waals surface area contributed by atoms with Crippen molar-refractivity contribution in [2.75, 3.05) is 21.3 Å². The second-order valence-electron chi connectivity index (χ2n) is 8.46. The summed E-state index contributed by atoms with van der Waals surface area (Å²) < 4.78 is 23.7. The zero-order valence-electron chi connectivity index (χ0n) is 20.7. The van der Waals surface area contributed by atoms with Crippen LogP contribution in [-0.2, 0) is 11.2 Å². The third kappa shape index (κ3) is 4.02. The molecule has 36 heavy (non-hydrogen) atoms. The number of carbonyl (C=O) groups excluding carboxylic acids is 1. The normalized spacial score (nSPS) is 14.9. The summed E-state index contributed by atoms with van der Waals surface area (Å²) in [5, 5.41) is 4.65. The Hall–Kier alpha value is -4.40. The average Bonchev–Trinajstić information content (AvgIpc) is 3.30. The van der Waals surface area contributed by atoms with Gasteiger partial charge in [-0.15, -0.1) is 5.10 Å². The quantitative estimate of drug-likeness (QED) is 0.385. The Morgan fingerprint density at radius 3 is 2.44 bits per heavy atom. The summed E-state index contributed by atoms with van der Waals surface area (Å²) in [4.78, 5) is 22.1. The Labute approximate surface area is 208 Å². The van der Waals surface area contributed by atoms with Crippen molar-refractivity contribution >= 4 is 11.4 Å². The molecule has 0 saturated carbocycles. The highest BCUT2D eigenvalue weighted by Crippen LogP contribution is 2.44. The van der Waals surface area contributed by atoms with Gasteiger partial charge < -0.3 is 18.9 Å². The van der Waals surface area contributed by atoms with Crippen molar-refractivity contribution in [1.82, 2.24) is 19.6 Å². The molecule has 0 amide bonds. The van der Waals surface area contributed by atoms with Crippen molar-refractivity contribution < 1.29 is 23.7 Å². The largest absolute Gasteiger partial charge is 0.497 e. The summed E-state index contributed by atoms with van der Waals surface area (Å²) in [5.74, 6) is 3.07. The van der Waals surface area contributed by atoms with E-state index in [9.17, 15) is 4.79 Å². The molecule has 184 valence electrons. The zero-order chi connectivity index (χ0) is 25.4. The van der Waals surface area contributed by atoms with E-state index in [1.165, 1.54) is 0 Å². The van der Waals surface area contributed by atoms with E-state index in [1.807, 2.05) is 42.5 Å². The van der Waals surface area contributed by atoms with Gasteiger partial charge in [0.15, 0.2) is 28.8 Å². The molecule has 1 aliphatic heterocycles. The molecule has 4 aromatic rings. The van der Waals surface area contributed by atoms with Crippen LogP contribution in [0.4, 0.5) is 0 Å². The second-order valence-corrected chi connectivity index (χ2v) is 8.46. The van der Waals surface area contributed by atoms with Crippen molar-refractivity contribution in [3.63, 3.8) is 0 Å². The van der Waals surface area contributed by atoms with Crippen LogP contribution < -0.4 is 18.9 Å². The predicted octanol–water partition coefficient (Wildman–Crippen LogP) is 4.13. The molecule has 0 spiro atoms. The minimum atomic E-state index is -0.411. The minimum absolute atomic E-state index is 0.0777. The lowest BCUT2D eigenvalue weighted by Crippen LogP contribution is -2.22. The number of Topliss-reactive ketones (excluding diaryl/α,β-unsaturated/α-hetero) is 1. The van der Waals surface area contributed by atoms with E-state index in [-0.39, 0.29) is 5.78 Å². The number of benzene rings is 2. The van der Waals surface area contributed by atoms with Crippen molar-refractivity contribution in [3.05, 3.63) is 82.6 Å². The number of hydrogen-bond donors (Lipinski definition) is 0. The SMILES string of the molecule is COc1ccc([C@H]2C(C(C)=O)=C(C)Oc3ncn4nc(Cc5ccc(OC)c(OC)c5)nc4c32)cc1. The van der Waals surface area contributed by atoms with Crippen LogP contribution in [0.2, 0.25) is 0 Å². The maximum absolute atomic E-state index is 12.8. The number of fused-ring (bicyclic) bond motifs is 3. The summed E-state index contributed by atoms with van der Waals surface area (Å²) in [7, 11) is 4.82. The van der Waals surface area contributed by atoms with Gasteiger partial charge in [-0.2, -0.15) is 0 Å². The molecule has 0 N–H and O–H groups in total. The van der Waals surface area contributed by atoms with Crippen LogP contribution in [0.25, 0.3) is 5.65 Å². The van der Waals surface area contributed by atoms with Crippen LogP contribution in [0.3, 0.4) is 0 Å².